The van der Waals surface area contributed by atoms with Gasteiger partial charge in [0.25, 0.3) is 0 Å². The van der Waals surface area contributed by atoms with E-state index in [1.165, 1.54) is 12.8 Å². The molecular formula is C15H32N2O2. The van der Waals surface area contributed by atoms with Gasteiger partial charge in [0, 0.05) is 0 Å². The number of hydrogen-bond acceptors (Lipinski definition) is 2. The number of hydroxylamine groups is 6. The van der Waals surface area contributed by atoms with Crippen LogP contribution in [-0.2, 0) is 0 Å². The summed E-state index contributed by atoms with van der Waals surface area (Å²) in [5.41, 5.74) is 0. The molecule has 0 bridgehead atoms. The summed E-state index contributed by atoms with van der Waals surface area (Å²) in [6, 6.07) is 0. The molecule has 0 aliphatic carbocycles. The van der Waals surface area contributed by atoms with Gasteiger partial charge in [-0.2, -0.15) is 0 Å². The lowest BCUT2D eigenvalue weighted by molar-refractivity contribution is -0.885. The van der Waals surface area contributed by atoms with Gasteiger partial charge < -0.3 is 19.7 Å². The third kappa shape index (κ3) is 6.21. The first kappa shape index (κ1) is 16.9. The van der Waals surface area contributed by atoms with Gasteiger partial charge in [0.15, 0.2) is 0 Å². The van der Waals surface area contributed by atoms with Gasteiger partial charge in [-0.05, 0) is 51.9 Å². The number of piperidine rings is 2. The molecule has 0 aromatic rings. The number of quaternary nitrogens is 2. The van der Waals surface area contributed by atoms with Gasteiger partial charge in [0.05, 0.1) is 39.3 Å². The molecule has 4 heteroatoms. The molecule has 2 aliphatic heterocycles. The van der Waals surface area contributed by atoms with Crippen molar-refractivity contribution < 1.29 is 9.29 Å². The van der Waals surface area contributed by atoms with Crippen molar-refractivity contribution in [1.82, 2.24) is 0 Å². The monoisotopic (exact) mass is 272 g/mol. The third-order valence-corrected chi connectivity index (χ3v) is 4.47. The Bertz CT molecular complexity index is 229. The van der Waals surface area contributed by atoms with E-state index >= 15 is 0 Å². The standard InChI is InChI=1S/C8H17NO.C7H15NO/c1-2-6-9(10)7-4-3-5-8-9;1-2-8(9)6-4-3-5-7-8/h2-8H2,1H3;2-7H2,1H3. The Labute approximate surface area is 118 Å². The van der Waals surface area contributed by atoms with E-state index in [1.807, 2.05) is 6.92 Å². The minimum Gasteiger partial charge on any atom is -0.633 e. The van der Waals surface area contributed by atoms with E-state index in [1.54, 1.807) is 0 Å². The fraction of sp³-hybridized carbons (Fsp3) is 1.00. The maximum atomic E-state index is 11.7. The van der Waals surface area contributed by atoms with E-state index in [9.17, 15) is 10.4 Å². The van der Waals surface area contributed by atoms with Gasteiger partial charge in [-0.3, -0.25) is 0 Å². The van der Waals surface area contributed by atoms with E-state index in [0.717, 1.165) is 71.4 Å². The van der Waals surface area contributed by atoms with E-state index in [0.29, 0.717) is 0 Å². The molecule has 0 aromatic carbocycles. The molecule has 0 amide bonds. The first-order valence-electron chi connectivity index (χ1n) is 8.18. The molecule has 19 heavy (non-hydrogen) atoms. The van der Waals surface area contributed by atoms with Crippen molar-refractivity contribution in [3.8, 4) is 0 Å². The van der Waals surface area contributed by atoms with Crippen LogP contribution in [0.15, 0.2) is 0 Å². The van der Waals surface area contributed by atoms with E-state index < -0.39 is 0 Å². The average molecular weight is 272 g/mol. The molecule has 2 fully saturated rings. The zero-order chi connectivity index (χ0) is 14.2. The second-order valence-corrected chi connectivity index (χ2v) is 6.17. The molecule has 0 atom stereocenters. The molecule has 0 unspecified atom stereocenters. The lowest BCUT2D eigenvalue weighted by atomic mass is 10.1. The van der Waals surface area contributed by atoms with Crippen LogP contribution in [0.4, 0.5) is 0 Å². The number of likely N-dealkylation sites (tertiary alicyclic amines) is 2. The summed E-state index contributed by atoms with van der Waals surface area (Å²) in [4.78, 5) is 0. The molecule has 0 aromatic heterocycles. The highest BCUT2D eigenvalue weighted by molar-refractivity contribution is 4.53. The highest BCUT2D eigenvalue weighted by Crippen LogP contribution is 2.17. The van der Waals surface area contributed by atoms with Gasteiger partial charge in [0.1, 0.15) is 0 Å². The van der Waals surface area contributed by atoms with Crippen molar-refractivity contribution in [1.29, 1.82) is 0 Å². The Morgan fingerprint density at radius 1 is 0.684 bits per heavy atom. The molecule has 2 rings (SSSR count). The molecule has 2 saturated heterocycles. The quantitative estimate of drug-likeness (QED) is 0.584. The lowest BCUT2D eigenvalue weighted by Crippen LogP contribution is -2.46. The van der Waals surface area contributed by atoms with Gasteiger partial charge in [-0.25, -0.2) is 0 Å². The zero-order valence-electron chi connectivity index (χ0n) is 12.9. The second kappa shape index (κ2) is 8.20. The van der Waals surface area contributed by atoms with Gasteiger partial charge in [0.2, 0.25) is 0 Å². The molecule has 0 radical (unpaired) electrons. The van der Waals surface area contributed by atoms with Gasteiger partial charge in [-0.1, -0.05) is 6.92 Å². The fourth-order valence-corrected chi connectivity index (χ4v) is 3.12. The Balaban J connectivity index is 0.000000191. The van der Waals surface area contributed by atoms with Crippen molar-refractivity contribution >= 4 is 0 Å². The predicted octanol–water partition coefficient (Wildman–Crippen LogP) is 3.40. The summed E-state index contributed by atoms with van der Waals surface area (Å²) in [6.07, 6.45) is 8.12. The van der Waals surface area contributed by atoms with Crippen molar-refractivity contribution in [2.75, 3.05) is 39.3 Å². The topological polar surface area (TPSA) is 46.1 Å². The normalized spacial score (nSPS) is 25.3. The molecule has 0 spiro atoms. The molecular weight excluding hydrogens is 240 g/mol. The Kier molecular flexibility index (Phi) is 7.29. The summed E-state index contributed by atoms with van der Waals surface area (Å²) in [7, 11) is 0. The minimum atomic E-state index is 0.0694. The zero-order valence-corrected chi connectivity index (χ0v) is 12.9. The van der Waals surface area contributed by atoms with E-state index in [4.69, 9.17) is 0 Å². The molecule has 0 N–H and O–H groups in total. The number of nitrogens with zero attached hydrogens (tertiary/aromatic N) is 2. The summed E-state index contributed by atoms with van der Waals surface area (Å²) in [5.74, 6) is 0. The Morgan fingerprint density at radius 3 is 1.42 bits per heavy atom. The highest BCUT2D eigenvalue weighted by atomic mass is 16.5. The van der Waals surface area contributed by atoms with Crippen molar-refractivity contribution in [3.05, 3.63) is 10.4 Å². The number of rotatable bonds is 3. The SMILES string of the molecule is CCC[N+]1([O-])CCCCC1.CC[N+]1([O-])CCCCC1. The van der Waals surface area contributed by atoms with E-state index in [-0.39, 0.29) is 9.29 Å². The Hall–Kier alpha value is -0.160. The van der Waals surface area contributed by atoms with E-state index in [2.05, 4.69) is 6.92 Å². The molecule has 114 valence electrons. The second-order valence-electron chi connectivity index (χ2n) is 6.17. The maximum absolute atomic E-state index is 11.7. The number of hydrogen-bond donors (Lipinski definition) is 0. The maximum Gasteiger partial charge on any atom is 0.0783 e. The lowest BCUT2D eigenvalue weighted by Gasteiger charge is -2.45. The first-order valence-corrected chi connectivity index (χ1v) is 8.18. The van der Waals surface area contributed by atoms with Gasteiger partial charge >= 0.3 is 0 Å². The van der Waals surface area contributed by atoms with Crippen LogP contribution < -0.4 is 0 Å². The summed E-state index contributed by atoms with van der Waals surface area (Å²) in [6.45, 7) is 9.12. The van der Waals surface area contributed by atoms with Crippen LogP contribution in [0.5, 0.6) is 0 Å². The van der Waals surface area contributed by atoms with Crippen LogP contribution in [0.3, 0.4) is 0 Å². The Morgan fingerprint density at radius 2 is 1.11 bits per heavy atom. The molecule has 2 heterocycles. The third-order valence-electron chi connectivity index (χ3n) is 4.47. The smallest absolute Gasteiger partial charge is 0.0783 e. The van der Waals surface area contributed by atoms with Crippen LogP contribution in [0.2, 0.25) is 0 Å². The molecule has 0 saturated carbocycles. The van der Waals surface area contributed by atoms with Crippen molar-refractivity contribution in [2.45, 2.75) is 58.8 Å². The largest absolute Gasteiger partial charge is 0.633 e. The molecule has 4 nitrogen and oxygen atoms in total. The predicted molar refractivity (Wildman–Crippen MR) is 80.1 cm³/mol. The van der Waals surface area contributed by atoms with Crippen LogP contribution in [0.25, 0.3) is 0 Å². The first-order chi connectivity index (χ1) is 9.04. The van der Waals surface area contributed by atoms with Crippen molar-refractivity contribution in [3.63, 3.8) is 0 Å². The van der Waals surface area contributed by atoms with Crippen LogP contribution in [-0.4, -0.2) is 48.6 Å². The average Bonchev–Trinajstić information content (AvgIpc) is 2.41. The van der Waals surface area contributed by atoms with Crippen LogP contribution >= 0.6 is 0 Å². The molecule has 2 aliphatic rings. The summed E-state index contributed by atoms with van der Waals surface area (Å²) < 4.78 is 0.163. The highest BCUT2D eigenvalue weighted by Gasteiger charge is 2.18. The van der Waals surface area contributed by atoms with Crippen LogP contribution in [0.1, 0.15) is 58.8 Å². The minimum absolute atomic E-state index is 0.0694. The summed E-state index contributed by atoms with van der Waals surface area (Å²) in [5, 5.41) is 23.1. The van der Waals surface area contributed by atoms with Crippen molar-refractivity contribution in [2.24, 2.45) is 0 Å². The summed E-state index contributed by atoms with van der Waals surface area (Å²) >= 11 is 0. The fourth-order valence-electron chi connectivity index (χ4n) is 3.12. The van der Waals surface area contributed by atoms with Crippen LogP contribution in [0, 0.1) is 10.4 Å². The van der Waals surface area contributed by atoms with Gasteiger partial charge in [-0.15, -0.1) is 0 Å².